The molecule has 1 heterocycles. The standard InChI is InChI=1S/C11H12F2N2O3/c1-11(2,10(17)18)5-15-9(16)6-3-4-14-8(13)7(6)12/h3-4H,5H2,1-2H3,(H,15,16)(H,17,18). The van der Waals surface area contributed by atoms with E-state index in [2.05, 4.69) is 10.3 Å². The molecular formula is C11H12F2N2O3. The van der Waals surface area contributed by atoms with Gasteiger partial charge in [0.25, 0.3) is 5.91 Å². The van der Waals surface area contributed by atoms with Gasteiger partial charge >= 0.3 is 5.97 Å². The average Bonchev–Trinajstić information content (AvgIpc) is 2.29. The number of hydrogen-bond acceptors (Lipinski definition) is 3. The number of aliphatic carboxylic acids is 1. The number of halogens is 2. The van der Waals surface area contributed by atoms with Crippen molar-refractivity contribution in [3.05, 3.63) is 29.6 Å². The molecule has 0 atom stereocenters. The van der Waals surface area contributed by atoms with E-state index in [4.69, 9.17) is 5.11 Å². The van der Waals surface area contributed by atoms with Crippen LogP contribution < -0.4 is 5.32 Å². The van der Waals surface area contributed by atoms with E-state index in [1.807, 2.05) is 0 Å². The van der Waals surface area contributed by atoms with Crippen molar-refractivity contribution in [2.75, 3.05) is 6.54 Å². The van der Waals surface area contributed by atoms with Crippen LogP contribution in [0.3, 0.4) is 0 Å². The van der Waals surface area contributed by atoms with Crippen LogP contribution in [0.5, 0.6) is 0 Å². The fourth-order valence-corrected chi connectivity index (χ4v) is 1.07. The predicted octanol–water partition coefficient (Wildman–Crippen LogP) is 1.20. The van der Waals surface area contributed by atoms with Crippen LogP contribution in [0.2, 0.25) is 0 Å². The molecule has 1 amide bonds. The fourth-order valence-electron chi connectivity index (χ4n) is 1.07. The molecule has 0 aliphatic rings. The highest BCUT2D eigenvalue weighted by Crippen LogP contribution is 2.14. The smallest absolute Gasteiger partial charge is 0.310 e. The second-order valence-corrected chi connectivity index (χ2v) is 4.34. The van der Waals surface area contributed by atoms with Crippen LogP contribution in [0.25, 0.3) is 0 Å². The van der Waals surface area contributed by atoms with Crippen LogP contribution in [0.4, 0.5) is 8.78 Å². The van der Waals surface area contributed by atoms with Gasteiger partial charge in [-0.3, -0.25) is 9.59 Å². The molecular weight excluding hydrogens is 246 g/mol. The van der Waals surface area contributed by atoms with Crippen LogP contribution in [0.15, 0.2) is 12.3 Å². The molecule has 0 saturated heterocycles. The monoisotopic (exact) mass is 258 g/mol. The topological polar surface area (TPSA) is 79.3 Å². The van der Waals surface area contributed by atoms with E-state index in [-0.39, 0.29) is 6.54 Å². The van der Waals surface area contributed by atoms with Crippen molar-refractivity contribution in [1.29, 1.82) is 0 Å². The lowest BCUT2D eigenvalue weighted by Gasteiger charge is -2.19. The van der Waals surface area contributed by atoms with Crippen molar-refractivity contribution < 1.29 is 23.5 Å². The van der Waals surface area contributed by atoms with Gasteiger partial charge in [-0.25, -0.2) is 9.37 Å². The average molecular weight is 258 g/mol. The first-order chi connectivity index (χ1) is 8.25. The Labute approximate surface area is 102 Å². The minimum absolute atomic E-state index is 0.204. The summed E-state index contributed by atoms with van der Waals surface area (Å²) in [7, 11) is 0. The van der Waals surface area contributed by atoms with Crippen LogP contribution in [0, 0.1) is 17.2 Å². The normalized spacial score (nSPS) is 11.1. The largest absolute Gasteiger partial charge is 0.481 e. The summed E-state index contributed by atoms with van der Waals surface area (Å²) in [5, 5.41) is 11.1. The lowest BCUT2D eigenvalue weighted by molar-refractivity contribution is -0.146. The molecule has 18 heavy (non-hydrogen) atoms. The Kier molecular flexibility index (Phi) is 3.95. The van der Waals surface area contributed by atoms with Gasteiger partial charge in [0.1, 0.15) is 0 Å². The highest BCUT2D eigenvalue weighted by atomic mass is 19.2. The van der Waals surface area contributed by atoms with E-state index in [1.165, 1.54) is 13.8 Å². The maximum atomic E-state index is 13.2. The van der Waals surface area contributed by atoms with Crippen LogP contribution >= 0.6 is 0 Å². The van der Waals surface area contributed by atoms with Gasteiger partial charge in [0.2, 0.25) is 5.95 Å². The molecule has 0 aliphatic carbocycles. The van der Waals surface area contributed by atoms with E-state index in [0.29, 0.717) is 0 Å². The molecule has 5 nitrogen and oxygen atoms in total. The van der Waals surface area contributed by atoms with Gasteiger partial charge in [-0.2, -0.15) is 4.39 Å². The van der Waals surface area contributed by atoms with Gasteiger partial charge in [0, 0.05) is 12.7 Å². The third-order valence-corrected chi connectivity index (χ3v) is 2.36. The predicted molar refractivity (Wildman–Crippen MR) is 57.9 cm³/mol. The van der Waals surface area contributed by atoms with E-state index >= 15 is 0 Å². The number of amides is 1. The summed E-state index contributed by atoms with van der Waals surface area (Å²) in [6, 6.07) is 1.02. The number of aromatic nitrogens is 1. The Morgan fingerprint density at radius 3 is 2.61 bits per heavy atom. The third kappa shape index (κ3) is 2.99. The molecule has 0 fully saturated rings. The van der Waals surface area contributed by atoms with Gasteiger partial charge in [-0.05, 0) is 19.9 Å². The molecule has 1 aromatic rings. The van der Waals surface area contributed by atoms with Crippen molar-refractivity contribution in [2.24, 2.45) is 5.41 Å². The van der Waals surface area contributed by atoms with Crippen molar-refractivity contribution >= 4 is 11.9 Å². The molecule has 0 bridgehead atoms. The van der Waals surface area contributed by atoms with Crippen molar-refractivity contribution in [2.45, 2.75) is 13.8 Å². The number of pyridine rings is 1. The lowest BCUT2D eigenvalue weighted by Crippen LogP contribution is -2.39. The van der Waals surface area contributed by atoms with Crippen molar-refractivity contribution in [3.8, 4) is 0 Å². The zero-order valence-corrected chi connectivity index (χ0v) is 9.83. The number of nitrogens with one attached hydrogen (secondary N) is 1. The number of rotatable bonds is 4. The van der Waals surface area contributed by atoms with Crippen molar-refractivity contribution in [1.82, 2.24) is 10.3 Å². The molecule has 1 rings (SSSR count). The molecule has 0 saturated carbocycles. The molecule has 7 heteroatoms. The maximum Gasteiger partial charge on any atom is 0.310 e. The van der Waals surface area contributed by atoms with Crippen molar-refractivity contribution in [3.63, 3.8) is 0 Å². The maximum absolute atomic E-state index is 13.2. The third-order valence-electron chi connectivity index (χ3n) is 2.36. The molecule has 0 unspecified atom stereocenters. The fraction of sp³-hybridized carbons (Fsp3) is 0.364. The Bertz CT molecular complexity index is 489. The quantitative estimate of drug-likeness (QED) is 0.795. The van der Waals surface area contributed by atoms with Gasteiger partial charge in [-0.15, -0.1) is 0 Å². The SMILES string of the molecule is CC(C)(CNC(=O)c1ccnc(F)c1F)C(=O)O. The van der Waals surface area contributed by atoms with Crippen LogP contribution in [-0.2, 0) is 4.79 Å². The first kappa shape index (κ1) is 14.0. The first-order valence-corrected chi connectivity index (χ1v) is 5.07. The number of carbonyl (C=O) groups excluding carboxylic acids is 1. The molecule has 1 aromatic heterocycles. The minimum Gasteiger partial charge on any atom is -0.481 e. The number of hydrogen-bond donors (Lipinski definition) is 2. The van der Waals surface area contributed by atoms with E-state index in [1.54, 1.807) is 0 Å². The Hall–Kier alpha value is -2.05. The van der Waals surface area contributed by atoms with Crippen LogP contribution in [-0.4, -0.2) is 28.5 Å². The summed E-state index contributed by atoms with van der Waals surface area (Å²) in [5.74, 6) is -4.73. The molecule has 98 valence electrons. The molecule has 0 aromatic carbocycles. The Morgan fingerprint density at radius 1 is 1.44 bits per heavy atom. The summed E-state index contributed by atoms with van der Waals surface area (Å²) in [5.41, 5.74) is -1.71. The van der Waals surface area contributed by atoms with Crippen LogP contribution in [0.1, 0.15) is 24.2 Å². The second-order valence-electron chi connectivity index (χ2n) is 4.34. The van der Waals surface area contributed by atoms with E-state index in [9.17, 15) is 18.4 Å². The zero-order valence-electron chi connectivity index (χ0n) is 9.83. The molecule has 0 radical (unpaired) electrons. The summed E-state index contributed by atoms with van der Waals surface area (Å²) in [6.45, 7) is 2.60. The number of carboxylic acids is 1. The first-order valence-electron chi connectivity index (χ1n) is 5.07. The van der Waals surface area contributed by atoms with Gasteiger partial charge < -0.3 is 10.4 Å². The Morgan fingerprint density at radius 2 is 2.06 bits per heavy atom. The number of carboxylic acid groups (broad SMARTS) is 1. The van der Waals surface area contributed by atoms with E-state index in [0.717, 1.165) is 12.3 Å². The second kappa shape index (κ2) is 5.07. The van der Waals surface area contributed by atoms with Gasteiger partial charge in [0.15, 0.2) is 5.82 Å². The lowest BCUT2D eigenvalue weighted by atomic mass is 9.94. The molecule has 0 spiro atoms. The summed E-state index contributed by atoms with van der Waals surface area (Å²) in [4.78, 5) is 25.4. The summed E-state index contributed by atoms with van der Waals surface area (Å²) < 4.78 is 26.0. The molecule has 0 aliphatic heterocycles. The number of nitrogens with zero attached hydrogens (tertiary/aromatic N) is 1. The molecule has 2 N–H and O–H groups in total. The highest BCUT2D eigenvalue weighted by Gasteiger charge is 2.28. The summed E-state index contributed by atoms with van der Waals surface area (Å²) >= 11 is 0. The van der Waals surface area contributed by atoms with Gasteiger partial charge in [0.05, 0.1) is 11.0 Å². The van der Waals surface area contributed by atoms with Gasteiger partial charge in [-0.1, -0.05) is 0 Å². The van der Waals surface area contributed by atoms with E-state index < -0.39 is 34.6 Å². The Balaban J connectivity index is 2.78. The summed E-state index contributed by atoms with van der Waals surface area (Å²) in [6.07, 6.45) is 0.954. The number of carbonyl (C=O) groups is 2. The highest BCUT2D eigenvalue weighted by molar-refractivity contribution is 5.94. The zero-order chi connectivity index (χ0) is 13.9. The minimum atomic E-state index is -1.37.